The van der Waals surface area contributed by atoms with Gasteiger partial charge in [0.2, 0.25) is 5.91 Å². The highest BCUT2D eigenvalue weighted by Gasteiger charge is 2.70. The third-order valence-corrected chi connectivity index (χ3v) is 17.1. The number of fused-ring (bicyclic) bond motifs is 11. The van der Waals surface area contributed by atoms with Crippen LogP contribution in [-0.4, -0.2) is 46.3 Å². The number of ketones is 1. The second-order valence-electron chi connectivity index (χ2n) is 20.1. The lowest BCUT2D eigenvalue weighted by molar-refractivity contribution is -0.210. The van der Waals surface area contributed by atoms with Gasteiger partial charge in [-0.05, 0) is 116 Å². The van der Waals surface area contributed by atoms with Gasteiger partial charge in [-0.15, -0.1) is 0 Å². The Morgan fingerprint density at radius 1 is 0.860 bits per heavy atom. The van der Waals surface area contributed by atoms with Gasteiger partial charge in [-0.2, -0.15) is 0 Å². The maximum Gasteiger partial charge on any atom is 0.302 e. The van der Waals surface area contributed by atoms with E-state index in [-0.39, 0.29) is 68.4 Å². The Bertz CT molecular complexity index is 1740. The predicted octanol–water partition coefficient (Wildman–Crippen LogP) is 7.71. The summed E-state index contributed by atoms with van der Waals surface area (Å²) < 4.78 is 7.85. The molecule has 272 valence electrons. The molecule has 1 amide bonds. The monoisotopic (exact) mass is 684 g/mol. The number of pyridine rings is 1. The van der Waals surface area contributed by atoms with Gasteiger partial charge in [0.1, 0.15) is 6.10 Å². The summed E-state index contributed by atoms with van der Waals surface area (Å²) in [7, 11) is 0. The zero-order valence-electron chi connectivity index (χ0n) is 31.9. The molecule has 3 heterocycles. The molecule has 0 radical (unpaired) electrons. The second kappa shape index (κ2) is 10.9. The van der Waals surface area contributed by atoms with E-state index in [0.29, 0.717) is 30.7 Å². The predicted molar refractivity (Wildman–Crippen MR) is 193 cm³/mol. The van der Waals surface area contributed by atoms with E-state index in [9.17, 15) is 19.2 Å². The van der Waals surface area contributed by atoms with Crippen molar-refractivity contribution in [3.05, 3.63) is 45.9 Å². The van der Waals surface area contributed by atoms with Gasteiger partial charge in [0.05, 0.1) is 0 Å². The number of nitrogens with zero attached hydrogens (tertiary/aromatic N) is 2. The van der Waals surface area contributed by atoms with Gasteiger partial charge in [-0.25, -0.2) is 0 Å². The number of hydrogen-bond acceptors (Lipinski definition) is 5. The molecule has 50 heavy (non-hydrogen) atoms. The van der Waals surface area contributed by atoms with Crippen molar-refractivity contribution >= 4 is 17.7 Å². The molecule has 2 aliphatic heterocycles. The highest BCUT2D eigenvalue weighted by Crippen LogP contribution is 2.75. The quantitative estimate of drug-likeness (QED) is 0.298. The number of ether oxygens (including phenoxy) is 1. The summed E-state index contributed by atoms with van der Waals surface area (Å²) in [5.74, 6) is 1.32. The molecular weight excluding hydrogens is 624 g/mol. The number of likely N-dealkylation sites (tertiary alicyclic amines) is 1. The van der Waals surface area contributed by atoms with Crippen LogP contribution in [-0.2, 0) is 25.7 Å². The first kappa shape index (κ1) is 34.4. The average molecular weight is 685 g/mol. The zero-order valence-corrected chi connectivity index (χ0v) is 31.9. The number of amides is 1. The van der Waals surface area contributed by atoms with E-state index < -0.39 is 5.41 Å². The van der Waals surface area contributed by atoms with Crippen LogP contribution in [0.15, 0.2) is 34.6 Å². The van der Waals surface area contributed by atoms with Crippen LogP contribution in [0, 0.1) is 56.2 Å². The zero-order chi connectivity index (χ0) is 35.8. The van der Waals surface area contributed by atoms with Crippen molar-refractivity contribution in [2.24, 2.45) is 56.2 Å². The van der Waals surface area contributed by atoms with Crippen molar-refractivity contribution in [3.63, 3.8) is 0 Å². The highest BCUT2D eigenvalue weighted by atomic mass is 16.5. The van der Waals surface area contributed by atoms with Gasteiger partial charge in [-0.1, -0.05) is 60.1 Å². The van der Waals surface area contributed by atoms with Crippen molar-refractivity contribution in [2.75, 3.05) is 13.1 Å². The summed E-state index contributed by atoms with van der Waals surface area (Å²) >= 11 is 0. The lowest BCUT2D eigenvalue weighted by atomic mass is 9.33. The minimum absolute atomic E-state index is 0.0656. The number of rotatable bonds is 2. The molecule has 7 heteroatoms. The molecule has 1 aromatic heterocycles. The molecule has 5 aliphatic carbocycles. The van der Waals surface area contributed by atoms with Crippen LogP contribution < -0.4 is 5.56 Å². The van der Waals surface area contributed by atoms with Crippen LogP contribution in [0.2, 0.25) is 0 Å². The summed E-state index contributed by atoms with van der Waals surface area (Å²) in [4.78, 5) is 56.5. The molecular formula is C43H60N2O5. The van der Waals surface area contributed by atoms with Crippen LogP contribution in [0.25, 0.3) is 0 Å². The highest BCUT2D eigenvalue weighted by molar-refractivity contribution is 5.96. The normalized spacial score (nSPS) is 45.9. The van der Waals surface area contributed by atoms with Crippen molar-refractivity contribution in [2.45, 2.75) is 138 Å². The first-order valence-electron chi connectivity index (χ1n) is 19.8. The third-order valence-electron chi connectivity index (χ3n) is 17.1. The van der Waals surface area contributed by atoms with E-state index in [2.05, 4.69) is 65.5 Å². The molecule has 2 bridgehead atoms. The van der Waals surface area contributed by atoms with E-state index in [1.807, 2.05) is 10.6 Å². The number of aromatic nitrogens is 1. The Balaban J connectivity index is 1.10. The van der Waals surface area contributed by atoms with Crippen molar-refractivity contribution in [3.8, 4) is 0 Å². The van der Waals surface area contributed by atoms with E-state index in [4.69, 9.17) is 4.74 Å². The number of esters is 1. The number of allylic oxidation sites excluding steroid dienone is 2. The molecule has 0 spiro atoms. The first-order valence-corrected chi connectivity index (χ1v) is 19.8. The topological polar surface area (TPSA) is 85.7 Å². The Morgan fingerprint density at radius 2 is 1.60 bits per heavy atom. The van der Waals surface area contributed by atoms with Crippen LogP contribution in [0.4, 0.5) is 0 Å². The smallest absolute Gasteiger partial charge is 0.302 e. The standard InChI is InChI=1S/C43H60N2O5/c1-26(46)50-34-13-14-41(6)33(38(34,2)3)12-15-43(8)36(41)32(47)21-29-30-22-40(5,17-16-39(30,4)18-19-42(29,43)7)37(49)44-23-27-20-28(25-44)31-10-9-11-35(48)45(31)24-27/h9-11,21,27-28,30,33-34,36H,12-20,22-25H2,1-8H3. The van der Waals surface area contributed by atoms with E-state index >= 15 is 0 Å². The number of carbonyl (C=O) groups excluding carboxylic acids is 3. The molecule has 1 saturated heterocycles. The van der Waals surface area contributed by atoms with Gasteiger partial charge < -0.3 is 14.2 Å². The van der Waals surface area contributed by atoms with Crippen molar-refractivity contribution in [1.29, 1.82) is 0 Å². The largest absolute Gasteiger partial charge is 0.462 e. The molecule has 8 rings (SSSR count). The molecule has 0 aromatic carbocycles. The molecule has 4 saturated carbocycles. The Labute approximate surface area is 299 Å². The fraction of sp³-hybridized carbons (Fsp3) is 0.767. The maximum absolute atomic E-state index is 14.9. The van der Waals surface area contributed by atoms with Crippen molar-refractivity contribution < 1.29 is 19.1 Å². The number of piperidine rings is 1. The van der Waals surface area contributed by atoms with Crippen molar-refractivity contribution in [1.82, 2.24) is 9.47 Å². The minimum atomic E-state index is -0.477. The fourth-order valence-electron chi connectivity index (χ4n) is 14.2. The van der Waals surface area contributed by atoms with Crippen LogP contribution >= 0.6 is 0 Å². The third kappa shape index (κ3) is 4.58. The molecule has 5 fully saturated rings. The van der Waals surface area contributed by atoms with Crippen LogP contribution in [0.1, 0.15) is 131 Å². The molecule has 1 aromatic rings. The summed E-state index contributed by atoms with van der Waals surface area (Å²) in [5.41, 5.74) is 1.45. The Kier molecular flexibility index (Phi) is 7.51. The SMILES string of the molecule is CC(=O)OC1CCC2(C)C(CCC3(C)C2C(=O)C=C2C4CC(C)(C(=O)N5CC6CC(C5)c5cccc(=O)n5C6)CCC4(C)CCC23C)C1(C)C. The Hall–Kier alpha value is -2.70. The van der Waals surface area contributed by atoms with Gasteiger partial charge in [0.15, 0.2) is 5.78 Å². The molecule has 11 atom stereocenters. The average Bonchev–Trinajstić information content (AvgIpc) is 3.04. The fourth-order valence-corrected chi connectivity index (χ4v) is 14.2. The number of carbonyl (C=O) groups is 3. The van der Waals surface area contributed by atoms with Crippen LogP contribution in [0.5, 0.6) is 0 Å². The Morgan fingerprint density at radius 3 is 2.34 bits per heavy atom. The molecule has 0 N–H and O–H groups in total. The summed E-state index contributed by atoms with van der Waals surface area (Å²) in [6.07, 6.45) is 11.7. The van der Waals surface area contributed by atoms with Crippen LogP contribution in [0.3, 0.4) is 0 Å². The lowest BCUT2D eigenvalue weighted by Crippen LogP contribution is -2.67. The van der Waals surface area contributed by atoms with Gasteiger partial charge in [0.25, 0.3) is 5.56 Å². The summed E-state index contributed by atoms with van der Waals surface area (Å²) in [6.45, 7) is 20.1. The second-order valence-corrected chi connectivity index (χ2v) is 20.1. The molecule has 7 nitrogen and oxygen atoms in total. The van der Waals surface area contributed by atoms with E-state index in [0.717, 1.165) is 76.4 Å². The van der Waals surface area contributed by atoms with E-state index in [1.54, 1.807) is 6.07 Å². The minimum Gasteiger partial charge on any atom is -0.462 e. The maximum atomic E-state index is 14.9. The van der Waals surface area contributed by atoms with Gasteiger partial charge in [-0.3, -0.25) is 19.2 Å². The van der Waals surface area contributed by atoms with Gasteiger partial charge in [0, 0.05) is 61.0 Å². The number of hydrogen-bond donors (Lipinski definition) is 0. The first-order chi connectivity index (χ1) is 23.4. The van der Waals surface area contributed by atoms with E-state index in [1.165, 1.54) is 12.5 Å². The molecule has 11 unspecified atom stereocenters. The van der Waals surface area contributed by atoms with Gasteiger partial charge >= 0.3 is 5.97 Å². The lowest BCUT2D eigenvalue weighted by Gasteiger charge is -2.70. The summed E-state index contributed by atoms with van der Waals surface area (Å²) in [6, 6.07) is 5.60. The molecule has 7 aliphatic rings. The summed E-state index contributed by atoms with van der Waals surface area (Å²) in [5, 5.41) is 0.